The van der Waals surface area contributed by atoms with Crippen molar-refractivity contribution in [3.63, 3.8) is 0 Å². The van der Waals surface area contributed by atoms with Crippen molar-refractivity contribution in [1.82, 2.24) is 15.0 Å². The van der Waals surface area contributed by atoms with Crippen molar-refractivity contribution in [2.75, 3.05) is 0 Å². The number of pyridine rings is 3. The quantitative estimate of drug-likeness (QED) is 0.174. The zero-order valence-corrected chi connectivity index (χ0v) is 33.6. The van der Waals surface area contributed by atoms with E-state index in [0.717, 1.165) is 6.42 Å². The van der Waals surface area contributed by atoms with Crippen molar-refractivity contribution in [3.8, 4) is 33.4 Å². The predicted molar refractivity (Wildman–Crippen MR) is 235 cm³/mol. The highest BCUT2D eigenvalue weighted by Gasteiger charge is 2.11. The Morgan fingerprint density at radius 3 is 1.65 bits per heavy atom. The largest absolute Gasteiger partial charge is 0.405 e. The number of nitrogens with zero attached hydrogens (tertiary/aromatic N) is 3. The molecular formula is C51H54N4. The van der Waals surface area contributed by atoms with Gasteiger partial charge in [0.1, 0.15) is 0 Å². The molecule has 1 unspecified atom stereocenters. The Morgan fingerprint density at radius 1 is 0.618 bits per heavy atom. The van der Waals surface area contributed by atoms with E-state index < -0.39 is 0 Å². The average molecular weight is 723 g/mol. The molecule has 6 aromatic rings. The van der Waals surface area contributed by atoms with Crippen LogP contribution in [-0.4, -0.2) is 15.0 Å². The molecule has 0 spiro atoms. The van der Waals surface area contributed by atoms with E-state index in [1.807, 2.05) is 55.3 Å². The molecule has 3 heterocycles. The first-order valence-corrected chi connectivity index (χ1v) is 19.0. The first-order valence-electron chi connectivity index (χ1n) is 19.0. The van der Waals surface area contributed by atoms with Gasteiger partial charge >= 0.3 is 0 Å². The smallest absolute Gasteiger partial charge is 0.0303 e. The monoisotopic (exact) mass is 722 g/mol. The molecule has 1 aliphatic carbocycles. The lowest BCUT2D eigenvalue weighted by atomic mass is 9.89. The van der Waals surface area contributed by atoms with Crippen LogP contribution in [-0.2, 0) is 0 Å². The van der Waals surface area contributed by atoms with Gasteiger partial charge in [0, 0.05) is 37.2 Å². The number of hydrogen-bond donors (Lipinski definition) is 1. The summed E-state index contributed by atoms with van der Waals surface area (Å²) >= 11 is 0. The molecule has 278 valence electrons. The van der Waals surface area contributed by atoms with Crippen LogP contribution in [0.5, 0.6) is 0 Å². The second-order valence-corrected chi connectivity index (χ2v) is 14.6. The van der Waals surface area contributed by atoms with Crippen molar-refractivity contribution >= 4 is 11.1 Å². The van der Waals surface area contributed by atoms with Crippen molar-refractivity contribution in [3.05, 3.63) is 197 Å². The summed E-state index contributed by atoms with van der Waals surface area (Å²) in [6.45, 7) is 17.0. The van der Waals surface area contributed by atoms with Gasteiger partial charge in [-0.15, -0.1) is 0 Å². The maximum atomic E-state index is 5.42. The predicted octanol–water partition coefficient (Wildman–Crippen LogP) is 13.0. The zero-order valence-electron chi connectivity index (χ0n) is 33.6. The van der Waals surface area contributed by atoms with Gasteiger partial charge in [0.25, 0.3) is 0 Å². The summed E-state index contributed by atoms with van der Waals surface area (Å²) in [5.74, 6) is 0.630. The van der Waals surface area contributed by atoms with Crippen molar-refractivity contribution in [2.45, 2.75) is 61.8 Å². The fourth-order valence-corrected chi connectivity index (χ4v) is 6.79. The summed E-state index contributed by atoms with van der Waals surface area (Å²) in [5, 5.41) is 0. The fourth-order valence-electron chi connectivity index (χ4n) is 6.79. The molecule has 0 radical (unpaired) electrons. The van der Waals surface area contributed by atoms with Gasteiger partial charge in [-0.1, -0.05) is 90.4 Å². The van der Waals surface area contributed by atoms with Crippen LogP contribution < -0.4 is 5.73 Å². The SMILES string of the molecule is CC(C)=C(/C=C\N)c1ccncc1C.Cc1cc(C)cc(-c2cc(C3=CCC(C)C=C3)cc(-c3ccccc3)c2)c1.Cc1cnccc1-c1ccncc1C. The van der Waals surface area contributed by atoms with Crippen LogP contribution in [0.25, 0.3) is 44.5 Å². The number of aromatic nitrogens is 3. The lowest BCUT2D eigenvalue weighted by molar-refractivity contribution is 0.739. The highest BCUT2D eigenvalue weighted by molar-refractivity contribution is 5.84. The molecule has 0 aliphatic heterocycles. The van der Waals surface area contributed by atoms with E-state index in [1.165, 1.54) is 89.0 Å². The molecule has 0 fully saturated rings. The Balaban J connectivity index is 0.000000175. The van der Waals surface area contributed by atoms with Gasteiger partial charge in [-0.3, -0.25) is 15.0 Å². The van der Waals surface area contributed by atoms with E-state index in [-0.39, 0.29) is 0 Å². The molecule has 2 N–H and O–H groups in total. The van der Waals surface area contributed by atoms with Crippen LogP contribution >= 0.6 is 0 Å². The Morgan fingerprint density at radius 2 is 1.15 bits per heavy atom. The Bertz CT molecular complexity index is 2280. The van der Waals surface area contributed by atoms with Crippen molar-refractivity contribution in [2.24, 2.45) is 11.7 Å². The van der Waals surface area contributed by atoms with Gasteiger partial charge < -0.3 is 5.73 Å². The highest BCUT2D eigenvalue weighted by Crippen LogP contribution is 2.34. The van der Waals surface area contributed by atoms with E-state index in [1.54, 1.807) is 12.4 Å². The molecule has 0 saturated heterocycles. The standard InChI is InChI=1S/C27H26.C12H12N2.C12H16N2/c1-19-9-11-23(12-10-19)26-16-25(22-7-5-4-6-8-22)17-27(18-26)24-14-20(2)13-21(3)15-24;1-9-7-13-5-3-11(9)12-4-6-14-8-10(12)2;1-9(2)11(4-6-13)12-5-7-14-8-10(12)3/h4-9,11-19H,10H2,1-3H3;3-8H,1-2H3;4-8H,13H2,1-3H3/b;;6-4-. The summed E-state index contributed by atoms with van der Waals surface area (Å²) in [4.78, 5) is 12.2. The molecular weight excluding hydrogens is 669 g/mol. The lowest BCUT2D eigenvalue weighted by Crippen LogP contribution is -1.95. The number of benzene rings is 3. The fraction of sp³-hybridized carbons (Fsp3) is 0.196. The number of nitrogens with two attached hydrogens (primary N) is 1. The van der Waals surface area contributed by atoms with Gasteiger partial charge in [-0.2, -0.15) is 0 Å². The average Bonchev–Trinajstić information content (AvgIpc) is 3.18. The summed E-state index contributed by atoms with van der Waals surface area (Å²) in [6.07, 6.45) is 22.7. The molecule has 0 bridgehead atoms. The minimum atomic E-state index is 0.630. The normalized spacial score (nSPS) is 13.2. The number of aryl methyl sites for hydroxylation is 5. The van der Waals surface area contributed by atoms with E-state index in [2.05, 4.69) is 155 Å². The highest BCUT2D eigenvalue weighted by atomic mass is 14.6. The zero-order chi connectivity index (χ0) is 39.3. The van der Waals surface area contributed by atoms with Crippen LogP contribution in [0.3, 0.4) is 0 Å². The third-order valence-electron chi connectivity index (χ3n) is 9.69. The number of rotatable bonds is 6. The maximum absolute atomic E-state index is 5.42. The molecule has 0 saturated carbocycles. The summed E-state index contributed by atoms with van der Waals surface area (Å²) in [6, 6.07) is 30.6. The second-order valence-electron chi connectivity index (χ2n) is 14.6. The van der Waals surface area contributed by atoms with Gasteiger partial charge in [-0.05, 0) is 182 Å². The third kappa shape index (κ3) is 11.0. The minimum absolute atomic E-state index is 0.630. The van der Waals surface area contributed by atoms with E-state index in [9.17, 15) is 0 Å². The molecule has 1 atom stereocenters. The summed E-state index contributed by atoms with van der Waals surface area (Å²) < 4.78 is 0. The maximum Gasteiger partial charge on any atom is 0.0303 e. The van der Waals surface area contributed by atoms with Crippen LogP contribution in [0.15, 0.2) is 158 Å². The lowest BCUT2D eigenvalue weighted by Gasteiger charge is -2.16. The van der Waals surface area contributed by atoms with Crippen LogP contribution in [0, 0.1) is 40.5 Å². The molecule has 4 nitrogen and oxygen atoms in total. The number of allylic oxidation sites excluding steroid dienone is 7. The number of hydrogen-bond acceptors (Lipinski definition) is 4. The topological polar surface area (TPSA) is 64.7 Å². The minimum Gasteiger partial charge on any atom is -0.405 e. The summed E-state index contributed by atoms with van der Waals surface area (Å²) in [5.41, 5.74) is 25.4. The first kappa shape index (κ1) is 40.1. The van der Waals surface area contributed by atoms with Crippen LogP contribution in [0.2, 0.25) is 0 Å². The molecule has 1 aliphatic rings. The second kappa shape index (κ2) is 19.3. The molecule has 7 rings (SSSR count). The van der Waals surface area contributed by atoms with E-state index >= 15 is 0 Å². The van der Waals surface area contributed by atoms with Gasteiger partial charge in [0.05, 0.1) is 0 Å². The molecule has 4 heteroatoms. The van der Waals surface area contributed by atoms with Gasteiger partial charge in [-0.25, -0.2) is 0 Å². The third-order valence-corrected chi connectivity index (χ3v) is 9.69. The molecule has 55 heavy (non-hydrogen) atoms. The van der Waals surface area contributed by atoms with Gasteiger partial charge in [0.15, 0.2) is 0 Å². The van der Waals surface area contributed by atoms with Crippen LogP contribution in [0.4, 0.5) is 0 Å². The molecule has 3 aromatic carbocycles. The Hall–Kier alpha value is -6.13. The van der Waals surface area contributed by atoms with E-state index in [0.29, 0.717) is 5.92 Å². The van der Waals surface area contributed by atoms with Crippen molar-refractivity contribution in [1.29, 1.82) is 0 Å². The molecule has 3 aromatic heterocycles. The van der Waals surface area contributed by atoms with Crippen molar-refractivity contribution < 1.29 is 0 Å². The van der Waals surface area contributed by atoms with E-state index in [4.69, 9.17) is 5.73 Å². The Kier molecular flexibility index (Phi) is 14.0. The van der Waals surface area contributed by atoms with Crippen LogP contribution in [0.1, 0.15) is 66.1 Å². The molecule has 0 amide bonds. The Labute approximate surface area is 329 Å². The summed E-state index contributed by atoms with van der Waals surface area (Å²) in [7, 11) is 0. The van der Waals surface area contributed by atoms with Gasteiger partial charge in [0.2, 0.25) is 0 Å². The first-order chi connectivity index (χ1) is 26.5.